The van der Waals surface area contributed by atoms with Crippen molar-refractivity contribution in [3.63, 3.8) is 0 Å². The van der Waals surface area contributed by atoms with Gasteiger partial charge in [-0.15, -0.1) is 0 Å². The van der Waals surface area contributed by atoms with Crippen molar-refractivity contribution in [2.75, 3.05) is 0 Å². The Balaban J connectivity index is 0.000000188. The van der Waals surface area contributed by atoms with Gasteiger partial charge in [-0.2, -0.15) is 8.61 Å². The van der Waals surface area contributed by atoms with Gasteiger partial charge in [0.1, 0.15) is 22.1 Å². The SMILES string of the molecule is C[C@H]1CCC(c2ccccc2)S(=O)(=O)N1Cc1ccc(Br)cc1F.C[C@H]1CCC(c2ccccc2)S(=O)(=O)N1Cc1ccc(Br)cc1F. The molecule has 4 atom stereocenters. The van der Waals surface area contributed by atoms with Crippen molar-refractivity contribution in [1.82, 2.24) is 8.61 Å². The molecule has 0 aliphatic carbocycles. The van der Waals surface area contributed by atoms with Crippen molar-refractivity contribution < 1.29 is 25.6 Å². The van der Waals surface area contributed by atoms with Crippen molar-refractivity contribution in [3.05, 3.63) is 140 Å². The van der Waals surface area contributed by atoms with Crippen LogP contribution in [0.4, 0.5) is 8.78 Å². The number of halogens is 4. The Morgan fingerprint density at radius 1 is 0.583 bits per heavy atom. The Labute approximate surface area is 299 Å². The van der Waals surface area contributed by atoms with Crippen LogP contribution in [0.3, 0.4) is 0 Å². The van der Waals surface area contributed by atoms with E-state index in [1.165, 1.54) is 20.7 Å². The molecule has 0 radical (unpaired) electrons. The smallest absolute Gasteiger partial charge is 0.212 e. The maximum absolute atomic E-state index is 14.2. The fourth-order valence-electron chi connectivity index (χ4n) is 6.34. The molecule has 6 rings (SSSR count). The first-order valence-electron chi connectivity index (χ1n) is 15.8. The summed E-state index contributed by atoms with van der Waals surface area (Å²) in [6.45, 7) is 3.89. The number of hydrogen-bond donors (Lipinski definition) is 0. The van der Waals surface area contributed by atoms with Crippen LogP contribution in [-0.4, -0.2) is 37.5 Å². The summed E-state index contributed by atoms with van der Waals surface area (Å²) in [5.74, 6) is -0.790. The molecule has 0 N–H and O–H groups in total. The van der Waals surface area contributed by atoms with E-state index in [1.54, 1.807) is 24.3 Å². The first-order valence-corrected chi connectivity index (χ1v) is 20.4. The van der Waals surface area contributed by atoms with Crippen LogP contribution in [0.1, 0.15) is 72.3 Å². The van der Waals surface area contributed by atoms with Gasteiger partial charge in [0, 0.05) is 45.2 Å². The highest BCUT2D eigenvalue weighted by Crippen LogP contribution is 2.39. The van der Waals surface area contributed by atoms with E-state index in [0.29, 0.717) is 32.9 Å². The Bertz CT molecular complexity index is 1790. The summed E-state index contributed by atoms with van der Waals surface area (Å²) in [6, 6.07) is 27.7. The summed E-state index contributed by atoms with van der Waals surface area (Å²) in [7, 11) is -7.07. The molecule has 0 amide bonds. The van der Waals surface area contributed by atoms with E-state index in [0.717, 1.165) is 24.0 Å². The van der Waals surface area contributed by atoms with Crippen molar-refractivity contribution in [2.45, 2.75) is 75.2 Å². The van der Waals surface area contributed by atoms with Gasteiger partial charge in [0.2, 0.25) is 20.0 Å². The zero-order valence-electron chi connectivity index (χ0n) is 26.6. The molecule has 6 nitrogen and oxygen atoms in total. The van der Waals surface area contributed by atoms with Crippen LogP contribution in [0.2, 0.25) is 0 Å². The first kappa shape index (κ1) is 36.8. The van der Waals surface area contributed by atoms with E-state index >= 15 is 0 Å². The highest BCUT2D eigenvalue weighted by atomic mass is 79.9. The van der Waals surface area contributed by atoms with E-state index in [9.17, 15) is 25.6 Å². The van der Waals surface area contributed by atoms with E-state index in [-0.39, 0.29) is 25.2 Å². The van der Waals surface area contributed by atoms with E-state index in [2.05, 4.69) is 31.9 Å². The standard InChI is InChI=1S/2C18H19BrFNO2S/c2*1-13-7-10-18(14-5-3-2-4-6-14)24(22,23)21(13)12-15-8-9-16(19)11-17(15)20/h2*2-6,8-9,11,13,18H,7,10,12H2,1H3/t2*13-,18?/m00/s1. The molecule has 2 aliphatic rings. The summed E-state index contributed by atoms with van der Waals surface area (Å²) in [5, 5.41) is -1.12. The lowest BCUT2D eigenvalue weighted by Gasteiger charge is -2.37. The second-order valence-electron chi connectivity index (χ2n) is 12.3. The monoisotopic (exact) mass is 822 g/mol. The first-order chi connectivity index (χ1) is 22.8. The summed E-state index contributed by atoms with van der Waals surface area (Å²) in [6.07, 6.45) is 2.70. The molecule has 12 heteroatoms. The Morgan fingerprint density at radius 3 is 1.27 bits per heavy atom. The lowest BCUT2D eigenvalue weighted by molar-refractivity contribution is 0.278. The van der Waals surface area contributed by atoms with Crippen LogP contribution in [0.15, 0.2) is 106 Å². The molecule has 2 saturated heterocycles. The van der Waals surface area contributed by atoms with Gasteiger partial charge >= 0.3 is 0 Å². The average molecular weight is 825 g/mol. The molecule has 0 saturated carbocycles. The number of benzene rings is 4. The highest BCUT2D eigenvalue weighted by molar-refractivity contribution is 9.10. The number of rotatable bonds is 6. The van der Waals surface area contributed by atoms with E-state index < -0.39 is 42.2 Å². The van der Waals surface area contributed by atoms with Gasteiger partial charge in [-0.1, -0.05) is 105 Å². The Kier molecular flexibility index (Phi) is 12.0. The van der Waals surface area contributed by atoms with Gasteiger partial charge in [-0.05, 0) is 74.9 Å². The average Bonchev–Trinajstić information content (AvgIpc) is 3.04. The normalized spacial score (nSPS) is 24.0. The lowest BCUT2D eigenvalue weighted by atomic mass is 10.0. The van der Waals surface area contributed by atoms with Crippen molar-refractivity contribution in [3.8, 4) is 0 Å². The maximum atomic E-state index is 14.2. The molecule has 2 aliphatic heterocycles. The maximum Gasteiger partial charge on any atom is 0.221 e. The van der Waals surface area contributed by atoms with Crippen LogP contribution < -0.4 is 0 Å². The molecule has 4 aromatic carbocycles. The predicted octanol–water partition coefficient (Wildman–Crippen LogP) is 9.29. The van der Waals surface area contributed by atoms with Gasteiger partial charge in [0.25, 0.3) is 0 Å². The Hall–Kier alpha value is -2.48. The van der Waals surface area contributed by atoms with Crippen LogP contribution in [0.25, 0.3) is 0 Å². The zero-order chi connectivity index (χ0) is 34.6. The van der Waals surface area contributed by atoms with Crippen molar-refractivity contribution >= 4 is 51.9 Å². The highest BCUT2D eigenvalue weighted by Gasteiger charge is 2.42. The molecule has 0 bridgehead atoms. The number of hydrogen-bond acceptors (Lipinski definition) is 4. The number of sulfonamides is 2. The minimum Gasteiger partial charge on any atom is -0.212 e. The van der Waals surface area contributed by atoms with E-state index in [4.69, 9.17) is 0 Å². The fourth-order valence-corrected chi connectivity index (χ4v) is 11.4. The minimum atomic E-state index is -3.54. The largest absolute Gasteiger partial charge is 0.221 e. The molecule has 48 heavy (non-hydrogen) atoms. The zero-order valence-corrected chi connectivity index (χ0v) is 31.5. The fraction of sp³-hybridized carbons (Fsp3) is 0.333. The third-order valence-corrected chi connectivity index (χ3v) is 14.8. The quantitative estimate of drug-likeness (QED) is 0.194. The summed E-state index contributed by atoms with van der Waals surface area (Å²) in [5.41, 5.74) is 2.38. The second kappa shape index (κ2) is 15.6. The molecule has 0 aromatic heterocycles. The van der Waals surface area contributed by atoms with E-state index in [1.807, 2.05) is 74.5 Å². The van der Waals surface area contributed by atoms with Crippen LogP contribution in [0, 0.1) is 11.6 Å². The third-order valence-electron chi connectivity index (χ3n) is 9.07. The number of nitrogens with zero attached hydrogens (tertiary/aromatic N) is 2. The minimum absolute atomic E-state index is 0.0615. The second-order valence-corrected chi connectivity index (χ2v) is 18.3. The third kappa shape index (κ3) is 8.27. The van der Waals surface area contributed by atoms with Crippen molar-refractivity contribution in [1.29, 1.82) is 0 Å². The summed E-state index contributed by atoms with van der Waals surface area (Å²) < 4.78 is 84.9. The Morgan fingerprint density at radius 2 is 0.938 bits per heavy atom. The van der Waals surface area contributed by atoms with Crippen molar-refractivity contribution in [2.24, 2.45) is 0 Å². The van der Waals surface area contributed by atoms with Crippen LogP contribution in [0.5, 0.6) is 0 Å². The van der Waals surface area contributed by atoms with Gasteiger partial charge in [-0.3, -0.25) is 0 Å². The molecule has 2 unspecified atom stereocenters. The predicted molar refractivity (Wildman–Crippen MR) is 193 cm³/mol. The van der Waals surface area contributed by atoms with Gasteiger partial charge in [0.05, 0.1) is 0 Å². The molecular formula is C36H38Br2F2N2O4S2. The van der Waals surface area contributed by atoms with Crippen LogP contribution >= 0.6 is 31.9 Å². The molecular weight excluding hydrogens is 786 g/mol. The lowest BCUT2D eigenvalue weighted by Crippen LogP contribution is -2.44. The topological polar surface area (TPSA) is 74.8 Å². The molecule has 2 fully saturated rings. The molecule has 2 heterocycles. The van der Waals surface area contributed by atoms with Gasteiger partial charge < -0.3 is 0 Å². The van der Waals surface area contributed by atoms with Crippen LogP contribution in [-0.2, 0) is 33.1 Å². The molecule has 0 spiro atoms. The molecule has 4 aromatic rings. The molecule has 256 valence electrons. The summed E-state index contributed by atoms with van der Waals surface area (Å²) >= 11 is 6.45. The van der Waals surface area contributed by atoms with Gasteiger partial charge in [0.15, 0.2) is 0 Å². The summed E-state index contributed by atoms with van der Waals surface area (Å²) in [4.78, 5) is 0. The van der Waals surface area contributed by atoms with Gasteiger partial charge in [-0.25, -0.2) is 25.6 Å².